The van der Waals surface area contributed by atoms with E-state index in [4.69, 9.17) is 4.74 Å². The van der Waals surface area contributed by atoms with E-state index in [-0.39, 0.29) is 17.6 Å². The fraction of sp³-hybridized carbons (Fsp3) is 0.381. The molecule has 2 N–H and O–H groups in total. The lowest BCUT2D eigenvalue weighted by molar-refractivity contribution is 0.0859. The Labute approximate surface area is 162 Å². The standard InChI is InChI=1S/C21H24N4O3/c1-13-5-7-15(8-6-13)10-17-14(2)24-19-18(12-23-25(19)21(17)27)20(26)22-11-16-4-3-9-28-16/h5-8,12,16,23H,3-4,9-11H2,1-2H3,(H,22,26). The van der Waals surface area contributed by atoms with Crippen molar-refractivity contribution in [3.63, 3.8) is 0 Å². The van der Waals surface area contributed by atoms with Crippen LogP contribution in [0.3, 0.4) is 0 Å². The molecule has 1 aliphatic rings. The monoisotopic (exact) mass is 380 g/mol. The fourth-order valence-corrected chi connectivity index (χ4v) is 3.54. The first-order valence-corrected chi connectivity index (χ1v) is 9.58. The molecular formula is C21H24N4O3. The Kier molecular flexibility index (Phi) is 5.00. The van der Waals surface area contributed by atoms with Gasteiger partial charge < -0.3 is 10.1 Å². The van der Waals surface area contributed by atoms with E-state index in [0.717, 1.165) is 25.0 Å². The molecule has 1 saturated heterocycles. The average molecular weight is 380 g/mol. The van der Waals surface area contributed by atoms with Crippen LogP contribution in [0.25, 0.3) is 5.65 Å². The second-order valence-electron chi connectivity index (χ2n) is 7.33. The summed E-state index contributed by atoms with van der Waals surface area (Å²) in [5, 5.41) is 5.76. The Morgan fingerprint density at radius 2 is 2.11 bits per heavy atom. The van der Waals surface area contributed by atoms with Crippen molar-refractivity contribution in [3.05, 3.63) is 68.8 Å². The van der Waals surface area contributed by atoms with E-state index in [9.17, 15) is 9.59 Å². The number of ether oxygens (including phenoxy) is 1. The molecule has 3 heterocycles. The summed E-state index contributed by atoms with van der Waals surface area (Å²) < 4.78 is 6.88. The molecule has 2 aromatic heterocycles. The summed E-state index contributed by atoms with van der Waals surface area (Å²) in [5.41, 5.74) is 4.01. The quantitative estimate of drug-likeness (QED) is 0.710. The Morgan fingerprint density at radius 3 is 2.82 bits per heavy atom. The topological polar surface area (TPSA) is 88.5 Å². The van der Waals surface area contributed by atoms with Crippen LogP contribution in [0, 0.1) is 13.8 Å². The molecule has 146 valence electrons. The highest BCUT2D eigenvalue weighted by Gasteiger charge is 2.20. The van der Waals surface area contributed by atoms with Gasteiger partial charge >= 0.3 is 0 Å². The van der Waals surface area contributed by atoms with Crippen molar-refractivity contribution in [2.75, 3.05) is 13.2 Å². The number of nitrogens with zero attached hydrogens (tertiary/aromatic N) is 2. The van der Waals surface area contributed by atoms with Crippen molar-refractivity contribution in [1.29, 1.82) is 0 Å². The van der Waals surface area contributed by atoms with Gasteiger partial charge in [-0.1, -0.05) is 29.8 Å². The number of hydrogen-bond donors (Lipinski definition) is 2. The number of aromatic amines is 1. The van der Waals surface area contributed by atoms with Gasteiger partial charge in [-0.05, 0) is 32.3 Å². The maximum atomic E-state index is 13.0. The molecule has 28 heavy (non-hydrogen) atoms. The van der Waals surface area contributed by atoms with Crippen LogP contribution in [-0.4, -0.2) is 39.8 Å². The SMILES string of the molecule is Cc1ccc(Cc2c(C)nc3c(C(=O)NCC4CCCO4)c[nH]n3c2=O)cc1. The van der Waals surface area contributed by atoms with Gasteiger partial charge in [0, 0.05) is 37.0 Å². The number of benzene rings is 1. The largest absolute Gasteiger partial charge is 0.376 e. The maximum absolute atomic E-state index is 13.0. The molecule has 1 amide bonds. The molecule has 0 spiro atoms. The minimum absolute atomic E-state index is 0.0627. The zero-order valence-electron chi connectivity index (χ0n) is 16.1. The molecule has 1 aromatic carbocycles. The predicted molar refractivity (Wildman–Crippen MR) is 106 cm³/mol. The first kappa shape index (κ1) is 18.4. The Bertz CT molecular complexity index is 1060. The van der Waals surface area contributed by atoms with Crippen LogP contribution < -0.4 is 10.9 Å². The van der Waals surface area contributed by atoms with Gasteiger partial charge in [-0.2, -0.15) is 0 Å². The molecular weight excluding hydrogens is 356 g/mol. The smallest absolute Gasteiger partial charge is 0.276 e. The lowest BCUT2D eigenvalue weighted by Gasteiger charge is -2.10. The van der Waals surface area contributed by atoms with Crippen LogP contribution in [-0.2, 0) is 11.2 Å². The number of aryl methyl sites for hydroxylation is 2. The van der Waals surface area contributed by atoms with Gasteiger partial charge in [0.1, 0.15) is 5.56 Å². The summed E-state index contributed by atoms with van der Waals surface area (Å²) in [6.07, 6.45) is 4.07. The van der Waals surface area contributed by atoms with Crippen molar-refractivity contribution < 1.29 is 9.53 Å². The van der Waals surface area contributed by atoms with Gasteiger partial charge in [0.2, 0.25) is 0 Å². The molecule has 1 aliphatic heterocycles. The molecule has 0 aliphatic carbocycles. The maximum Gasteiger partial charge on any atom is 0.276 e. The first-order valence-electron chi connectivity index (χ1n) is 9.58. The molecule has 4 rings (SSSR count). The third-order valence-corrected chi connectivity index (χ3v) is 5.22. The zero-order chi connectivity index (χ0) is 19.7. The minimum atomic E-state index is -0.258. The highest BCUT2D eigenvalue weighted by atomic mass is 16.5. The molecule has 1 atom stereocenters. The number of carbonyl (C=O) groups excluding carboxylic acids is 1. The van der Waals surface area contributed by atoms with E-state index in [1.807, 2.05) is 38.1 Å². The number of carbonyl (C=O) groups is 1. The third kappa shape index (κ3) is 3.57. The Balaban J connectivity index is 1.60. The number of amides is 1. The van der Waals surface area contributed by atoms with Gasteiger partial charge in [0.15, 0.2) is 5.65 Å². The van der Waals surface area contributed by atoms with E-state index < -0.39 is 0 Å². The van der Waals surface area contributed by atoms with Crippen LogP contribution >= 0.6 is 0 Å². The van der Waals surface area contributed by atoms with Crippen molar-refractivity contribution >= 4 is 11.6 Å². The second kappa shape index (κ2) is 7.59. The Hall–Kier alpha value is -2.93. The molecule has 0 bridgehead atoms. The summed E-state index contributed by atoms with van der Waals surface area (Å²) in [5.74, 6) is -0.258. The number of fused-ring (bicyclic) bond motifs is 1. The number of nitrogens with one attached hydrogen (secondary N) is 2. The summed E-state index contributed by atoms with van der Waals surface area (Å²) in [7, 11) is 0. The van der Waals surface area contributed by atoms with E-state index in [1.54, 1.807) is 0 Å². The summed E-state index contributed by atoms with van der Waals surface area (Å²) >= 11 is 0. The Morgan fingerprint density at radius 1 is 1.32 bits per heavy atom. The van der Waals surface area contributed by atoms with Gasteiger partial charge in [0.05, 0.1) is 6.10 Å². The molecule has 1 fully saturated rings. The van der Waals surface area contributed by atoms with Crippen LogP contribution in [0.4, 0.5) is 0 Å². The minimum Gasteiger partial charge on any atom is -0.376 e. The average Bonchev–Trinajstić information content (AvgIpc) is 3.34. The van der Waals surface area contributed by atoms with E-state index in [1.165, 1.54) is 16.3 Å². The number of aromatic nitrogens is 3. The molecule has 7 nitrogen and oxygen atoms in total. The molecule has 3 aromatic rings. The number of H-pyrrole nitrogens is 1. The van der Waals surface area contributed by atoms with Crippen molar-refractivity contribution in [2.24, 2.45) is 0 Å². The number of rotatable bonds is 5. The van der Waals surface area contributed by atoms with E-state index in [2.05, 4.69) is 15.4 Å². The van der Waals surface area contributed by atoms with Crippen LogP contribution in [0.2, 0.25) is 0 Å². The van der Waals surface area contributed by atoms with E-state index in [0.29, 0.717) is 35.4 Å². The van der Waals surface area contributed by atoms with Crippen molar-refractivity contribution in [2.45, 2.75) is 39.2 Å². The summed E-state index contributed by atoms with van der Waals surface area (Å²) in [6, 6.07) is 8.09. The summed E-state index contributed by atoms with van der Waals surface area (Å²) in [6.45, 7) is 5.05. The highest BCUT2D eigenvalue weighted by molar-refractivity contribution is 5.99. The van der Waals surface area contributed by atoms with Crippen LogP contribution in [0.15, 0.2) is 35.3 Å². The highest BCUT2D eigenvalue weighted by Crippen LogP contribution is 2.14. The molecule has 0 radical (unpaired) electrons. The van der Waals surface area contributed by atoms with Gasteiger partial charge in [-0.15, -0.1) is 0 Å². The zero-order valence-corrected chi connectivity index (χ0v) is 16.1. The predicted octanol–water partition coefficient (Wildman–Crippen LogP) is 2.14. The normalized spacial score (nSPS) is 16.6. The van der Waals surface area contributed by atoms with Gasteiger partial charge in [0.25, 0.3) is 11.5 Å². The van der Waals surface area contributed by atoms with Gasteiger partial charge in [-0.25, -0.2) is 9.50 Å². The number of hydrogen-bond acceptors (Lipinski definition) is 4. The van der Waals surface area contributed by atoms with Crippen LogP contribution in [0.1, 0.15) is 45.6 Å². The third-order valence-electron chi connectivity index (χ3n) is 5.22. The van der Waals surface area contributed by atoms with Crippen molar-refractivity contribution in [1.82, 2.24) is 19.9 Å². The lowest BCUT2D eigenvalue weighted by atomic mass is 10.0. The fourth-order valence-electron chi connectivity index (χ4n) is 3.54. The second-order valence-corrected chi connectivity index (χ2v) is 7.33. The first-order chi connectivity index (χ1) is 13.5. The molecule has 1 unspecified atom stereocenters. The van der Waals surface area contributed by atoms with Crippen molar-refractivity contribution in [3.8, 4) is 0 Å². The summed E-state index contributed by atoms with van der Waals surface area (Å²) in [4.78, 5) is 30.1. The molecule has 7 heteroatoms. The lowest BCUT2D eigenvalue weighted by Crippen LogP contribution is -2.32. The van der Waals surface area contributed by atoms with E-state index >= 15 is 0 Å². The van der Waals surface area contributed by atoms with Crippen LogP contribution in [0.5, 0.6) is 0 Å². The van der Waals surface area contributed by atoms with Gasteiger partial charge in [-0.3, -0.25) is 14.7 Å². The molecule has 0 saturated carbocycles.